The zero-order valence-corrected chi connectivity index (χ0v) is 6.14. The van der Waals surface area contributed by atoms with Crippen molar-refractivity contribution in [2.24, 2.45) is 0 Å². The van der Waals surface area contributed by atoms with E-state index in [0.717, 1.165) is 0 Å². The predicted molar refractivity (Wildman–Crippen MR) is 36.8 cm³/mol. The van der Waals surface area contributed by atoms with Gasteiger partial charge in [-0.15, -0.1) is 13.2 Å². The van der Waals surface area contributed by atoms with Crippen LogP contribution in [0.15, 0.2) is 13.2 Å². The highest BCUT2D eigenvalue weighted by Gasteiger charge is 1.56. The fraction of sp³-hybridized carbons (Fsp3) is 0.571. The molecule has 2 heteroatoms. The van der Waals surface area contributed by atoms with Gasteiger partial charge in [0.1, 0.15) is 0 Å². The van der Waals surface area contributed by atoms with Crippen LogP contribution in [0.4, 0.5) is 0 Å². The lowest BCUT2D eigenvalue weighted by Crippen LogP contribution is -1.47. The van der Waals surface area contributed by atoms with E-state index < -0.39 is 0 Å². The molecular formula is C7H14O2. The van der Waals surface area contributed by atoms with Crippen LogP contribution in [0.2, 0.25) is 0 Å². The maximum Gasteiger partial charge on any atom is 0.373 e. The van der Waals surface area contributed by atoms with E-state index in [1.54, 1.807) is 0 Å². The summed E-state index contributed by atoms with van der Waals surface area (Å²) < 4.78 is 0. The Balaban J connectivity index is -0.0000000646. The van der Waals surface area contributed by atoms with Gasteiger partial charge in [0.25, 0.3) is 0 Å². The molecule has 0 saturated heterocycles. The summed E-state index contributed by atoms with van der Waals surface area (Å²) in [6.45, 7) is 10.4. The van der Waals surface area contributed by atoms with Gasteiger partial charge in [0.05, 0.1) is 0 Å². The zero-order chi connectivity index (χ0) is 8.12. The molecule has 2 nitrogen and oxygen atoms in total. The maximum absolute atomic E-state index is 8.12. The average Bonchev–Trinajstić information content (AvgIpc) is 1.94. The van der Waals surface area contributed by atoms with Gasteiger partial charge in [-0.25, -0.2) is 0 Å². The van der Waals surface area contributed by atoms with E-state index >= 15 is 0 Å². The summed E-state index contributed by atoms with van der Waals surface area (Å²) in [5.41, 5.74) is 0. The van der Waals surface area contributed by atoms with Crippen LogP contribution >= 0.6 is 0 Å². The molecular weight excluding hydrogens is 116 g/mol. The third-order valence-corrected chi connectivity index (χ3v) is 0.500. The van der Waals surface area contributed by atoms with Crippen LogP contribution in [0.5, 0.6) is 0 Å². The van der Waals surface area contributed by atoms with Gasteiger partial charge >= 0.3 is 6.15 Å². The molecule has 0 aliphatic rings. The number of unbranched alkanes of at least 4 members (excludes halogenated alkanes) is 1. The Bertz CT molecular complexity index is 51.9. The number of hydrogen-bond acceptors (Lipinski definition) is 2. The average molecular weight is 130 g/mol. The minimum atomic E-state index is 0.250. The van der Waals surface area contributed by atoms with E-state index in [1.807, 2.05) is 0 Å². The maximum atomic E-state index is 8.12. The molecule has 0 radical (unpaired) electrons. The van der Waals surface area contributed by atoms with Crippen LogP contribution in [0, 0.1) is 0 Å². The van der Waals surface area contributed by atoms with Crippen LogP contribution < -0.4 is 0 Å². The van der Waals surface area contributed by atoms with E-state index in [9.17, 15) is 0 Å². The molecule has 0 amide bonds. The molecule has 0 spiro atoms. The number of carbonyl (C=O) groups excluding carboxylic acids is 2. The fourth-order valence-electron chi connectivity index (χ4n) is 0. The normalized spacial score (nSPS) is 4.67. The van der Waals surface area contributed by atoms with Gasteiger partial charge in [-0.3, -0.25) is 0 Å². The van der Waals surface area contributed by atoms with Gasteiger partial charge in [-0.1, -0.05) is 26.7 Å². The monoisotopic (exact) mass is 130 g/mol. The highest BCUT2D eigenvalue weighted by atomic mass is 16.2. The summed E-state index contributed by atoms with van der Waals surface area (Å²) in [5.74, 6) is 0. The van der Waals surface area contributed by atoms with Crippen LogP contribution in [0.1, 0.15) is 26.7 Å². The first kappa shape index (κ1) is 15.7. The second-order valence-electron chi connectivity index (χ2n) is 1.08. The third-order valence-electron chi connectivity index (χ3n) is 0.500. The topological polar surface area (TPSA) is 34.1 Å². The SMILES string of the molecule is C=C.CCCC.O=C=O. The highest BCUT2D eigenvalue weighted by molar-refractivity contribution is 5.20. The molecule has 0 aliphatic carbocycles. The van der Waals surface area contributed by atoms with E-state index in [4.69, 9.17) is 9.59 Å². The van der Waals surface area contributed by atoms with E-state index in [-0.39, 0.29) is 6.15 Å². The lowest BCUT2D eigenvalue weighted by Gasteiger charge is -1.68. The molecule has 0 rings (SSSR count). The second kappa shape index (κ2) is 59.3. The Hall–Kier alpha value is -0.880. The molecule has 0 aromatic heterocycles. The Morgan fingerprint density at radius 1 is 1.11 bits per heavy atom. The van der Waals surface area contributed by atoms with Crippen molar-refractivity contribution in [3.05, 3.63) is 13.2 Å². The van der Waals surface area contributed by atoms with Crippen molar-refractivity contribution in [1.82, 2.24) is 0 Å². The molecule has 54 valence electrons. The lowest BCUT2D eigenvalue weighted by molar-refractivity contribution is -0.191. The molecule has 0 N–H and O–H groups in total. The van der Waals surface area contributed by atoms with Gasteiger partial charge in [0.15, 0.2) is 0 Å². The van der Waals surface area contributed by atoms with Crippen LogP contribution in [-0.4, -0.2) is 6.15 Å². The van der Waals surface area contributed by atoms with E-state index in [2.05, 4.69) is 27.0 Å². The van der Waals surface area contributed by atoms with Gasteiger partial charge in [0, 0.05) is 0 Å². The summed E-state index contributed by atoms with van der Waals surface area (Å²) in [6, 6.07) is 0. The third kappa shape index (κ3) is 13000. The fourth-order valence-corrected chi connectivity index (χ4v) is 0. The summed E-state index contributed by atoms with van der Waals surface area (Å²) in [6.07, 6.45) is 2.89. The van der Waals surface area contributed by atoms with Gasteiger partial charge in [-0.05, 0) is 0 Å². The number of hydrogen-bond donors (Lipinski definition) is 0. The van der Waals surface area contributed by atoms with Gasteiger partial charge < -0.3 is 0 Å². The molecule has 0 bridgehead atoms. The minimum Gasteiger partial charge on any atom is -0.186 e. The van der Waals surface area contributed by atoms with Crippen molar-refractivity contribution in [2.45, 2.75) is 26.7 Å². The van der Waals surface area contributed by atoms with Crippen LogP contribution in [-0.2, 0) is 9.59 Å². The van der Waals surface area contributed by atoms with Crippen LogP contribution in [0.25, 0.3) is 0 Å². The van der Waals surface area contributed by atoms with Gasteiger partial charge in [0.2, 0.25) is 0 Å². The molecule has 0 heterocycles. The minimum absolute atomic E-state index is 0.250. The summed E-state index contributed by atoms with van der Waals surface area (Å²) in [7, 11) is 0. The Morgan fingerprint density at radius 3 is 1.22 bits per heavy atom. The summed E-state index contributed by atoms with van der Waals surface area (Å²) in [4.78, 5) is 16.2. The van der Waals surface area contributed by atoms with Crippen LogP contribution in [0.3, 0.4) is 0 Å². The quantitative estimate of drug-likeness (QED) is 0.509. The first-order valence-electron chi connectivity index (χ1n) is 2.82. The number of rotatable bonds is 1. The Kier molecular flexibility index (Phi) is 104. The van der Waals surface area contributed by atoms with Crippen molar-refractivity contribution in [3.63, 3.8) is 0 Å². The molecule has 0 aromatic carbocycles. The first-order chi connectivity index (χ1) is 4.33. The largest absolute Gasteiger partial charge is 0.373 e. The van der Waals surface area contributed by atoms with Crippen molar-refractivity contribution in [3.8, 4) is 0 Å². The Labute approximate surface area is 56.6 Å². The van der Waals surface area contributed by atoms with E-state index in [1.165, 1.54) is 12.8 Å². The summed E-state index contributed by atoms with van der Waals surface area (Å²) >= 11 is 0. The molecule has 0 unspecified atom stereocenters. The summed E-state index contributed by atoms with van der Waals surface area (Å²) in [5, 5.41) is 0. The van der Waals surface area contributed by atoms with Crippen molar-refractivity contribution < 1.29 is 9.59 Å². The lowest BCUT2D eigenvalue weighted by atomic mass is 10.4. The Morgan fingerprint density at radius 2 is 1.22 bits per heavy atom. The molecule has 0 saturated carbocycles. The van der Waals surface area contributed by atoms with Crippen molar-refractivity contribution in [2.75, 3.05) is 0 Å². The second-order valence-corrected chi connectivity index (χ2v) is 1.08. The predicted octanol–water partition coefficient (Wildman–Crippen LogP) is 2.03. The molecule has 0 aliphatic heterocycles. The van der Waals surface area contributed by atoms with E-state index in [0.29, 0.717) is 0 Å². The van der Waals surface area contributed by atoms with Crippen molar-refractivity contribution in [1.29, 1.82) is 0 Å². The molecule has 0 aromatic rings. The standard InChI is InChI=1S/C4H10.C2H4.CO2/c1-3-4-2;1-2;2-1-3/h3-4H2,1-2H3;1-2H2;. The highest BCUT2D eigenvalue weighted by Crippen LogP contribution is 1.76. The van der Waals surface area contributed by atoms with Crippen molar-refractivity contribution >= 4 is 6.15 Å². The van der Waals surface area contributed by atoms with Gasteiger partial charge in [-0.2, -0.15) is 9.59 Å². The molecule has 0 fully saturated rings. The first-order valence-corrected chi connectivity index (χ1v) is 2.82. The zero-order valence-electron chi connectivity index (χ0n) is 6.14. The molecule has 9 heavy (non-hydrogen) atoms. The molecule has 0 atom stereocenters. The smallest absolute Gasteiger partial charge is 0.186 e.